The van der Waals surface area contributed by atoms with E-state index in [0.717, 1.165) is 42.4 Å². The summed E-state index contributed by atoms with van der Waals surface area (Å²) >= 11 is 7.05. The first-order chi connectivity index (χ1) is 17.7. The number of para-hydroxylation sites is 2. The molecule has 0 aliphatic carbocycles. The molecule has 2 atom stereocenters. The Kier molecular flexibility index (Phi) is 6.12. The highest BCUT2D eigenvalue weighted by Crippen LogP contribution is 2.32. The van der Waals surface area contributed by atoms with Gasteiger partial charge in [-0.1, -0.05) is 66.6 Å². The first-order valence-electron chi connectivity index (χ1n) is 11.3. The van der Waals surface area contributed by atoms with Gasteiger partial charge in [-0.25, -0.2) is 9.36 Å². The molecule has 6 rings (SSSR count). The highest BCUT2D eigenvalue weighted by atomic mass is 79.9. The molecule has 10 heteroatoms. The molecular weight excluding hydrogens is 584 g/mol. The van der Waals surface area contributed by atoms with Gasteiger partial charge in [-0.15, -0.1) is 10.2 Å². The molecule has 0 fully saturated rings. The Balaban J connectivity index is 1.53. The maximum atomic E-state index is 4.56. The van der Waals surface area contributed by atoms with Gasteiger partial charge in [-0.2, -0.15) is 0 Å². The smallest absolute Gasteiger partial charge is 0.164 e. The van der Waals surface area contributed by atoms with Crippen molar-refractivity contribution in [3.63, 3.8) is 0 Å². The highest BCUT2D eigenvalue weighted by molar-refractivity contribution is 9.10. The van der Waals surface area contributed by atoms with Crippen molar-refractivity contribution < 1.29 is 0 Å². The lowest BCUT2D eigenvalue weighted by atomic mass is 10.2. The van der Waals surface area contributed by atoms with Gasteiger partial charge in [0.2, 0.25) is 0 Å². The molecule has 2 heterocycles. The average Bonchev–Trinajstić information content (AvgIpc) is 3.53. The van der Waals surface area contributed by atoms with Gasteiger partial charge < -0.3 is 10.6 Å². The second-order valence-electron chi connectivity index (χ2n) is 8.24. The number of nitrogens with one attached hydrogen (secondary N) is 2. The first-order valence-corrected chi connectivity index (χ1v) is 12.9. The van der Waals surface area contributed by atoms with E-state index in [1.54, 1.807) is 0 Å². The predicted octanol–water partition coefficient (Wildman–Crippen LogP) is 6.62. The van der Waals surface area contributed by atoms with Gasteiger partial charge in [-0.3, -0.25) is 0 Å². The molecule has 0 amide bonds. The van der Waals surface area contributed by atoms with Crippen molar-refractivity contribution in [3.8, 4) is 0 Å². The predicted molar refractivity (Wildman–Crippen MR) is 149 cm³/mol. The van der Waals surface area contributed by atoms with Gasteiger partial charge in [0, 0.05) is 20.3 Å². The molecule has 2 unspecified atom stereocenters. The second kappa shape index (κ2) is 9.71. The zero-order valence-corrected chi connectivity index (χ0v) is 22.0. The maximum Gasteiger partial charge on any atom is 0.164 e. The Morgan fingerprint density at radius 1 is 0.528 bits per heavy atom. The Hall–Kier alpha value is -3.76. The molecule has 8 nitrogen and oxygen atoms in total. The van der Waals surface area contributed by atoms with Crippen molar-refractivity contribution in [1.82, 2.24) is 30.0 Å². The van der Waals surface area contributed by atoms with Crippen LogP contribution in [0.2, 0.25) is 0 Å². The zero-order chi connectivity index (χ0) is 24.5. The van der Waals surface area contributed by atoms with E-state index >= 15 is 0 Å². The number of aromatic nitrogens is 6. The summed E-state index contributed by atoms with van der Waals surface area (Å²) in [5.41, 5.74) is 5.28. The SMILES string of the molecule is Brc1ccc(NC(C(Nc2ccc(Br)cc2)n2nnc3ccccc32)n2nnc3ccccc32)cc1. The number of fused-ring (bicyclic) bond motifs is 2. The summed E-state index contributed by atoms with van der Waals surface area (Å²) in [5, 5.41) is 25.3. The van der Waals surface area contributed by atoms with E-state index in [1.165, 1.54) is 0 Å². The van der Waals surface area contributed by atoms with E-state index in [4.69, 9.17) is 0 Å². The normalized spacial score (nSPS) is 13.1. The van der Waals surface area contributed by atoms with Crippen LogP contribution in [0.3, 0.4) is 0 Å². The van der Waals surface area contributed by atoms with Crippen molar-refractivity contribution in [2.75, 3.05) is 10.6 Å². The summed E-state index contributed by atoms with van der Waals surface area (Å²) in [7, 11) is 0. The van der Waals surface area contributed by atoms with Crippen LogP contribution in [-0.2, 0) is 0 Å². The number of halogens is 2. The third-order valence-corrected chi connectivity index (χ3v) is 6.96. The Morgan fingerprint density at radius 2 is 0.917 bits per heavy atom. The fraction of sp³-hybridized carbons (Fsp3) is 0.0769. The Labute approximate surface area is 223 Å². The van der Waals surface area contributed by atoms with Gasteiger partial charge >= 0.3 is 0 Å². The number of benzene rings is 4. The lowest BCUT2D eigenvalue weighted by Gasteiger charge is -2.31. The van der Waals surface area contributed by atoms with E-state index in [1.807, 2.05) is 106 Å². The number of hydrogen-bond acceptors (Lipinski definition) is 6. The van der Waals surface area contributed by atoms with Crippen LogP contribution >= 0.6 is 31.9 Å². The fourth-order valence-electron chi connectivity index (χ4n) is 4.17. The molecular formula is C26H20Br2N8. The van der Waals surface area contributed by atoms with Crippen LogP contribution in [0.1, 0.15) is 12.3 Å². The molecule has 36 heavy (non-hydrogen) atoms. The van der Waals surface area contributed by atoms with Gasteiger partial charge in [0.1, 0.15) is 11.0 Å². The van der Waals surface area contributed by atoms with Crippen LogP contribution in [0.25, 0.3) is 22.1 Å². The van der Waals surface area contributed by atoms with Crippen LogP contribution in [0.4, 0.5) is 11.4 Å². The van der Waals surface area contributed by atoms with E-state index in [9.17, 15) is 0 Å². The number of anilines is 2. The zero-order valence-electron chi connectivity index (χ0n) is 18.8. The molecule has 0 bridgehead atoms. The quantitative estimate of drug-likeness (QED) is 0.213. The van der Waals surface area contributed by atoms with Gasteiger partial charge in [-0.05, 0) is 72.8 Å². The molecule has 0 aliphatic rings. The highest BCUT2D eigenvalue weighted by Gasteiger charge is 2.30. The monoisotopic (exact) mass is 602 g/mol. The molecule has 0 radical (unpaired) electrons. The lowest BCUT2D eigenvalue weighted by Crippen LogP contribution is -2.35. The third kappa shape index (κ3) is 4.45. The fourth-order valence-corrected chi connectivity index (χ4v) is 4.70. The summed E-state index contributed by atoms with van der Waals surface area (Å²) in [6, 6.07) is 31.9. The van der Waals surface area contributed by atoms with Crippen LogP contribution in [0, 0.1) is 0 Å². The minimum atomic E-state index is -0.424. The summed E-state index contributed by atoms with van der Waals surface area (Å²) in [6.45, 7) is 0. The molecule has 0 aliphatic heterocycles. The van der Waals surface area contributed by atoms with Crippen molar-refractivity contribution in [1.29, 1.82) is 0 Å². The molecule has 0 saturated heterocycles. The molecule has 4 aromatic carbocycles. The average molecular weight is 604 g/mol. The second-order valence-corrected chi connectivity index (χ2v) is 10.1. The van der Waals surface area contributed by atoms with Crippen molar-refractivity contribution in [3.05, 3.63) is 106 Å². The molecule has 178 valence electrons. The summed E-state index contributed by atoms with van der Waals surface area (Å²) in [4.78, 5) is 0. The topological polar surface area (TPSA) is 85.5 Å². The number of nitrogens with zero attached hydrogens (tertiary/aromatic N) is 6. The summed E-state index contributed by atoms with van der Waals surface area (Å²) < 4.78 is 5.79. The molecule has 2 N–H and O–H groups in total. The first kappa shape index (κ1) is 22.7. The summed E-state index contributed by atoms with van der Waals surface area (Å²) in [5.74, 6) is 0. The van der Waals surface area contributed by atoms with Crippen molar-refractivity contribution >= 4 is 65.3 Å². The largest absolute Gasteiger partial charge is 0.360 e. The molecule has 0 spiro atoms. The van der Waals surface area contributed by atoms with Gasteiger partial charge in [0.25, 0.3) is 0 Å². The van der Waals surface area contributed by atoms with Crippen molar-refractivity contribution in [2.24, 2.45) is 0 Å². The molecule has 2 aromatic heterocycles. The van der Waals surface area contributed by atoms with E-state index in [-0.39, 0.29) is 0 Å². The molecule has 0 saturated carbocycles. The van der Waals surface area contributed by atoms with E-state index in [0.29, 0.717) is 0 Å². The van der Waals surface area contributed by atoms with Gasteiger partial charge in [0.05, 0.1) is 11.0 Å². The minimum absolute atomic E-state index is 0.424. The van der Waals surface area contributed by atoms with Crippen molar-refractivity contribution in [2.45, 2.75) is 12.3 Å². The number of hydrogen-bond donors (Lipinski definition) is 2. The van der Waals surface area contributed by atoms with Crippen LogP contribution in [0.5, 0.6) is 0 Å². The van der Waals surface area contributed by atoms with E-state index in [2.05, 4.69) is 63.1 Å². The Morgan fingerprint density at radius 3 is 1.33 bits per heavy atom. The van der Waals surface area contributed by atoms with Crippen LogP contribution < -0.4 is 10.6 Å². The third-order valence-electron chi connectivity index (χ3n) is 5.90. The van der Waals surface area contributed by atoms with Crippen LogP contribution in [0.15, 0.2) is 106 Å². The minimum Gasteiger partial charge on any atom is -0.360 e. The number of rotatable bonds is 7. The Bertz CT molecular complexity index is 1500. The van der Waals surface area contributed by atoms with Crippen LogP contribution in [-0.4, -0.2) is 30.0 Å². The summed E-state index contributed by atoms with van der Waals surface area (Å²) in [6.07, 6.45) is -0.848. The molecule has 6 aromatic rings. The van der Waals surface area contributed by atoms with E-state index < -0.39 is 12.3 Å². The maximum absolute atomic E-state index is 4.56. The lowest BCUT2D eigenvalue weighted by molar-refractivity contribution is 0.347. The standard InChI is InChI=1S/C26H20Br2N8/c27-17-9-13-19(14-10-17)29-25(35-23-7-3-1-5-21(23)31-33-35)26(30-20-15-11-18(28)12-16-20)36-24-8-4-2-6-22(24)32-34-36/h1-16,25-26,29-30H. The van der Waals surface area contributed by atoms with Gasteiger partial charge in [0.15, 0.2) is 12.3 Å².